The second-order valence-electron chi connectivity index (χ2n) is 3.46. The van der Waals surface area contributed by atoms with Crippen molar-refractivity contribution in [3.05, 3.63) is 11.6 Å². The van der Waals surface area contributed by atoms with Gasteiger partial charge in [-0.2, -0.15) is 13.2 Å². The minimum atomic E-state index is -4.24. The van der Waals surface area contributed by atoms with E-state index in [0.717, 1.165) is 0 Å². The van der Waals surface area contributed by atoms with E-state index in [2.05, 4.69) is 0 Å². The van der Waals surface area contributed by atoms with Crippen LogP contribution in [0, 0.1) is 11.8 Å². The molecular weight excluding hydrogens is 169 g/mol. The van der Waals surface area contributed by atoms with Gasteiger partial charge < -0.3 is 5.11 Å². The fourth-order valence-electron chi connectivity index (χ4n) is 2.19. The topological polar surface area (TPSA) is 20.2 Å². The predicted octanol–water partition coefficient (Wildman–Crippen LogP) is 1.88. The van der Waals surface area contributed by atoms with Crippen molar-refractivity contribution in [3.8, 4) is 0 Å². The van der Waals surface area contributed by atoms with Gasteiger partial charge >= 0.3 is 6.18 Å². The lowest BCUT2D eigenvalue weighted by molar-refractivity contribution is -0.101. The molecule has 12 heavy (non-hydrogen) atoms. The van der Waals surface area contributed by atoms with Gasteiger partial charge in [0.2, 0.25) is 0 Å². The summed E-state index contributed by atoms with van der Waals surface area (Å²) < 4.78 is 36.6. The molecule has 1 saturated carbocycles. The SMILES string of the molecule is O[C@H]1[C@H]2C=C(C(F)(F)F)[C@@H]1CC2. The van der Waals surface area contributed by atoms with Crippen molar-refractivity contribution >= 4 is 0 Å². The molecule has 2 rings (SSSR count). The second-order valence-corrected chi connectivity index (χ2v) is 3.46. The summed E-state index contributed by atoms with van der Waals surface area (Å²) in [6.07, 6.45) is -2.64. The first-order chi connectivity index (χ1) is 5.50. The predicted molar refractivity (Wildman–Crippen MR) is 36.4 cm³/mol. The van der Waals surface area contributed by atoms with Gasteiger partial charge in [0.25, 0.3) is 0 Å². The third kappa shape index (κ3) is 0.975. The number of rotatable bonds is 0. The molecule has 0 radical (unpaired) electrons. The van der Waals surface area contributed by atoms with E-state index in [0.29, 0.717) is 12.8 Å². The lowest BCUT2D eigenvalue weighted by atomic mass is 9.98. The molecule has 0 unspecified atom stereocenters. The molecule has 0 amide bonds. The Morgan fingerprint density at radius 3 is 2.25 bits per heavy atom. The zero-order chi connectivity index (χ0) is 8.93. The molecule has 2 aliphatic rings. The van der Waals surface area contributed by atoms with Crippen LogP contribution < -0.4 is 0 Å². The van der Waals surface area contributed by atoms with Crippen LogP contribution in [-0.2, 0) is 0 Å². The van der Waals surface area contributed by atoms with Crippen LogP contribution in [0.25, 0.3) is 0 Å². The van der Waals surface area contributed by atoms with E-state index in [1.54, 1.807) is 0 Å². The minimum Gasteiger partial charge on any atom is -0.392 e. The van der Waals surface area contributed by atoms with E-state index in [4.69, 9.17) is 0 Å². The molecular formula is C8H9F3O. The van der Waals surface area contributed by atoms with Gasteiger partial charge in [-0.25, -0.2) is 0 Å². The van der Waals surface area contributed by atoms with Gasteiger partial charge in [-0.15, -0.1) is 0 Å². The van der Waals surface area contributed by atoms with Gasteiger partial charge in [0, 0.05) is 17.4 Å². The number of hydrogen-bond acceptors (Lipinski definition) is 1. The van der Waals surface area contributed by atoms with E-state index in [1.165, 1.54) is 6.08 Å². The molecule has 1 N–H and O–H groups in total. The Kier molecular flexibility index (Phi) is 1.52. The molecule has 1 fully saturated rings. The normalized spacial score (nSPS) is 40.3. The summed E-state index contributed by atoms with van der Waals surface area (Å²) in [6, 6.07) is 0. The molecule has 0 spiro atoms. The van der Waals surface area contributed by atoms with Gasteiger partial charge in [-0.3, -0.25) is 0 Å². The van der Waals surface area contributed by atoms with E-state index in [-0.39, 0.29) is 5.92 Å². The van der Waals surface area contributed by atoms with Crippen LogP contribution in [0.1, 0.15) is 12.8 Å². The molecule has 0 aliphatic heterocycles. The molecule has 0 aromatic carbocycles. The van der Waals surface area contributed by atoms with Crippen molar-refractivity contribution in [1.29, 1.82) is 0 Å². The zero-order valence-electron chi connectivity index (χ0n) is 6.30. The highest BCUT2D eigenvalue weighted by Gasteiger charge is 2.50. The number of halogens is 3. The molecule has 2 bridgehead atoms. The molecule has 0 heterocycles. The highest BCUT2D eigenvalue weighted by molar-refractivity contribution is 5.26. The van der Waals surface area contributed by atoms with Crippen molar-refractivity contribution in [3.63, 3.8) is 0 Å². The van der Waals surface area contributed by atoms with Crippen molar-refractivity contribution in [2.75, 3.05) is 0 Å². The highest BCUT2D eigenvalue weighted by Crippen LogP contribution is 2.49. The average Bonchev–Trinajstić information content (AvgIpc) is 2.45. The Bertz CT molecular complexity index is 231. The summed E-state index contributed by atoms with van der Waals surface area (Å²) in [5.74, 6) is -0.887. The van der Waals surface area contributed by atoms with Crippen LogP contribution >= 0.6 is 0 Å². The van der Waals surface area contributed by atoms with E-state index in [9.17, 15) is 18.3 Å². The number of alkyl halides is 3. The zero-order valence-corrected chi connectivity index (χ0v) is 6.30. The van der Waals surface area contributed by atoms with Gasteiger partial charge in [0.15, 0.2) is 0 Å². The second kappa shape index (κ2) is 2.25. The summed E-state index contributed by atoms with van der Waals surface area (Å²) in [5, 5.41) is 9.31. The third-order valence-corrected chi connectivity index (χ3v) is 2.78. The Balaban J connectivity index is 2.27. The van der Waals surface area contributed by atoms with E-state index < -0.39 is 23.8 Å². The maximum atomic E-state index is 12.2. The molecule has 68 valence electrons. The molecule has 3 atom stereocenters. The van der Waals surface area contributed by atoms with Crippen LogP contribution in [0.3, 0.4) is 0 Å². The van der Waals surface area contributed by atoms with Gasteiger partial charge in [-0.05, 0) is 12.8 Å². The summed E-state index contributed by atoms with van der Waals surface area (Å²) in [7, 11) is 0. The van der Waals surface area contributed by atoms with Gasteiger partial charge in [0.1, 0.15) is 0 Å². The van der Waals surface area contributed by atoms with Crippen molar-refractivity contribution < 1.29 is 18.3 Å². The largest absolute Gasteiger partial charge is 0.412 e. The Morgan fingerprint density at radius 2 is 2.00 bits per heavy atom. The Morgan fingerprint density at radius 1 is 1.33 bits per heavy atom. The molecule has 0 saturated heterocycles. The molecule has 4 heteroatoms. The van der Waals surface area contributed by atoms with Gasteiger partial charge in [0.05, 0.1) is 6.10 Å². The first-order valence-electron chi connectivity index (χ1n) is 3.97. The molecule has 1 nitrogen and oxygen atoms in total. The summed E-state index contributed by atoms with van der Waals surface area (Å²) in [5.41, 5.74) is -0.508. The van der Waals surface area contributed by atoms with Gasteiger partial charge in [-0.1, -0.05) is 6.08 Å². The van der Waals surface area contributed by atoms with Crippen molar-refractivity contribution in [1.82, 2.24) is 0 Å². The van der Waals surface area contributed by atoms with Crippen molar-refractivity contribution in [2.45, 2.75) is 25.1 Å². The summed E-state index contributed by atoms with van der Waals surface area (Å²) >= 11 is 0. The standard InChI is InChI=1S/C8H9F3O/c9-8(10,11)6-3-4-1-2-5(6)7(4)12/h3-5,7,12H,1-2H2/t4-,5+,7+/m1/s1. The fourth-order valence-corrected chi connectivity index (χ4v) is 2.19. The third-order valence-electron chi connectivity index (χ3n) is 2.78. The maximum Gasteiger partial charge on any atom is 0.412 e. The van der Waals surface area contributed by atoms with E-state index in [1.807, 2.05) is 0 Å². The molecule has 2 aliphatic carbocycles. The van der Waals surface area contributed by atoms with Crippen LogP contribution in [-0.4, -0.2) is 17.4 Å². The quantitative estimate of drug-likeness (QED) is 0.561. The van der Waals surface area contributed by atoms with Crippen LogP contribution in [0.15, 0.2) is 11.6 Å². The lowest BCUT2D eigenvalue weighted by Crippen LogP contribution is -2.22. The first-order valence-corrected chi connectivity index (χ1v) is 3.97. The van der Waals surface area contributed by atoms with Crippen LogP contribution in [0.5, 0.6) is 0 Å². The summed E-state index contributed by atoms with van der Waals surface area (Å²) in [4.78, 5) is 0. The first kappa shape index (κ1) is 8.10. The highest BCUT2D eigenvalue weighted by atomic mass is 19.4. The maximum absolute atomic E-state index is 12.2. The minimum absolute atomic E-state index is 0.244. The Labute approximate surface area is 67.9 Å². The number of fused-ring (bicyclic) bond motifs is 2. The smallest absolute Gasteiger partial charge is 0.392 e. The fraction of sp³-hybridized carbons (Fsp3) is 0.750. The van der Waals surface area contributed by atoms with Crippen LogP contribution in [0.2, 0.25) is 0 Å². The number of hydrogen-bond donors (Lipinski definition) is 1. The molecule has 0 aromatic heterocycles. The average molecular weight is 178 g/mol. The lowest BCUT2D eigenvalue weighted by Gasteiger charge is -2.16. The Hall–Kier alpha value is -0.510. The number of aliphatic hydroxyl groups is 1. The molecule has 0 aromatic rings. The van der Waals surface area contributed by atoms with Crippen LogP contribution in [0.4, 0.5) is 13.2 Å². The summed E-state index contributed by atoms with van der Waals surface area (Å²) in [6.45, 7) is 0. The van der Waals surface area contributed by atoms with E-state index >= 15 is 0 Å². The number of aliphatic hydroxyl groups excluding tert-OH is 1. The van der Waals surface area contributed by atoms with Crippen molar-refractivity contribution in [2.24, 2.45) is 11.8 Å². The monoisotopic (exact) mass is 178 g/mol.